The van der Waals surface area contributed by atoms with Crippen LogP contribution in [0.5, 0.6) is 0 Å². The first-order valence-electron chi connectivity index (χ1n) is 5.27. The van der Waals surface area contributed by atoms with Gasteiger partial charge in [0, 0.05) is 18.0 Å². The van der Waals surface area contributed by atoms with Crippen molar-refractivity contribution in [2.45, 2.75) is 31.8 Å². The van der Waals surface area contributed by atoms with E-state index >= 15 is 0 Å². The predicted octanol–water partition coefficient (Wildman–Crippen LogP) is 1.13. The zero-order chi connectivity index (χ0) is 10.2. The number of H-pyrrole nitrogens is 1. The van der Waals surface area contributed by atoms with Crippen molar-refractivity contribution in [2.75, 3.05) is 6.54 Å². The van der Waals surface area contributed by atoms with Crippen molar-refractivity contribution in [1.29, 1.82) is 0 Å². The van der Waals surface area contributed by atoms with Gasteiger partial charge in [-0.25, -0.2) is 0 Å². The van der Waals surface area contributed by atoms with Crippen molar-refractivity contribution in [1.82, 2.24) is 4.98 Å². The summed E-state index contributed by atoms with van der Waals surface area (Å²) in [7, 11) is 0. The van der Waals surface area contributed by atoms with Gasteiger partial charge in [0.15, 0.2) is 0 Å². The molecule has 14 heavy (non-hydrogen) atoms. The molecule has 1 aromatic heterocycles. The molecule has 0 spiro atoms. The lowest BCUT2D eigenvalue weighted by atomic mass is 9.72. The van der Waals surface area contributed by atoms with Gasteiger partial charge in [-0.1, -0.05) is 6.92 Å². The first-order chi connectivity index (χ1) is 6.68. The molecule has 0 aliphatic heterocycles. The number of aliphatic hydroxyl groups is 1. The van der Waals surface area contributed by atoms with Crippen LogP contribution in [0.2, 0.25) is 0 Å². The second-order valence-corrected chi connectivity index (χ2v) is 4.30. The fraction of sp³-hybridized carbons (Fsp3) is 0.636. The maximum Gasteiger partial charge on any atom is 0.0951 e. The molecular weight excluding hydrogens is 176 g/mol. The first kappa shape index (κ1) is 9.74. The summed E-state index contributed by atoms with van der Waals surface area (Å²) in [5.41, 5.74) is 7.16. The average molecular weight is 194 g/mol. The van der Waals surface area contributed by atoms with Crippen LogP contribution in [0.4, 0.5) is 0 Å². The van der Waals surface area contributed by atoms with E-state index in [9.17, 15) is 5.11 Å². The highest BCUT2D eigenvalue weighted by Crippen LogP contribution is 2.41. The summed E-state index contributed by atoms with van der Waals surface area (Å²) in [6.07, 6.45) is 6.66. The van der Waals surface area contributed by atoms with E-state index in [-0.39, 0.29) is 0 Å². The summed E-state index contributed by atoms with van der Waals surface area (Å²) >= 11 is 0. The van der Waals surface area contributed by atoms with Crippen molar-refractivity contribution in [3.05, 3.63) is 23.5 Å². The number of hydrogen-bond donors (Lipinski definition) is 3. The highest BCUT2D eigenvalue weighted by molar-refractivity contribution is 5.33. The highest BCUT2D eigenvalue weighted by Gasteiger charge is 2.39. The second-order valence-electron chi connectivity index (χ2n) is 4.30. The molecule has 0 bridgehead atoms. The fourth-order valence-corrected chi connectivity index (χ4v) is 2.48. The molecular formula is C11H18N2O. The Hall–Kier alpha value is -0.800. The van der Waals surface area contributed by atoms with E-state index in [4.69, 9.17) is 5.73 Å². The Bertz CT molecular complexity index is 321. The zero-order valence-electron chi connectivity index (χ0n) is 8.59. The zero-order valence-corrected chi connectivity index (χ0v) is 8.59. The Kier molecular flexibility index (Phi) is 2.37. The number of nitrogens with two attached hydrogens (primary N) is 1. The van der Waals surface area contributed by atoms with Crippen LogP contribution in [0.3, 0.4) is 0 Å². The number of aromatic amines is 1. The van der Waals surface area contributed by atoms with Crippen LogP contribution in [0, 0.1) is 5.92 Å². The predicted molar refractivity (Wildman–Crippen MR) is 55.8 cm³/mol. The number of aromatic nitrogens is 1. The Morgan fingerprint density at radius 3 is 3.14 bits per heavy atom. The van der Waals surface area contributed by atoms with Crippen LogP contribution < -0.4 is 5.73 Å². The first-order valence-corrected chi connectivity index (χ1v) is 5.27. The van der Waals surface area contributed by atoms with E-state index < -0.39 is 5.60 Å². The summed E-state index contributed by atoms with van der Waals surface area (Å²) in [6.45, 7) is 2.64. The molecule has 78 valence electrons. The van der Waals surface area contributed by atoms with E-state index in [1.54, 1.807) is 0 Å². The third kappa shape index (κ3) is 1.28. The normalized spacial score (nSPS) is 31.5. The molecule has 2 atom stereocenters. The quantitative estimate of drug-likeness (QED) is 0.661. The minimum atomic E-state index is -0.706. The van der Waals surface area contributed by atoms with Crippen molar-refractivity contribution in [2.24, 2.45) is 11.7 Å². The molecule has 1 aromatic rings. The van der Waals surface area contributed by atoms with E-state index in [1.807, 2.05) is 12.4 Å². The smallest absolute Gasteiger partial charge is 0.0951 e. The van der Waals surface area contributed by atoms with Gasteiger partial charge in [-0.2, -0.15) is 0 Å². The average Bonchev–Trinajstić information content (AvgIpc) is 2.61. The molecule has 1 heterocycles. The van der Waals surface area contributed by atoms with Crippen LogP contribution in [0.25, 0.3) is 0 Å². The summed E-state index contributed by atoms with van der Waals surface area (Å²) in [5.74, 6) is 0.300. The van der Waals surface area contributed by atoms with E-state index in [2.05, 4.69) is 11.9 Å². The SMILES string of the molecule is CC1CCc2c[nH]cc2C1(O)CCN. The molecule has 0 fully saturated rings. The van der Waals surface area contributed by atoms with Crippen LogP contribution in [0.1, 0.15) is 30.9 Å². The van der Waals surface area contributed by atoms with Crippen molar-refractivity contribution < 1.29 is 5.11 Å². The van der Waals surface area contributed by atoms with E-state index in [0.29, 0.717) is 18.9 Å². The molecule has 0 saturated heterocycles. The van der Waals surface area contributed by atoms with Crippen LogP contribution >= 0.6 is 0 Å². The van der Waals surface area contributed by atoms with E-state index in [0.717, 1.165) is 18.4 Å². The molecule has 0 aromatic carbocycles. The van der Waals surface area contributed by atoms with Crippen molar-refractivity contribution in [3.8, 4) is 0 Å². The number of hydrogen-bond acceptors (Lipinski definition) is 2. The number of nitrogens with one attached hydrogen (secondary N) is 1. The highest BCUT2D eigenvalue weighted by atomic mass is 16.3. The molecule has 2 rings (SSSR count). The minimum Gasteiger partial charge on any atom is -0.385 e. The number of fused-ring (bicyclic) bond motifs is 1. The Morgan fingerprint density at radius 1 is 1.64 bits per heavy atom. The van der Waals surface area contributed by atoms with Crippen LogP contribution in [-0.2, 0) is 12.0 Å². The fourth-order valence-electron chi connectivity index (χ4n) is 2.48. The van der Waals surface area contributed by atoms with Crippen LogP contribution in [-0.4, -0.2) is 16.6 Å². The van der Waals surface area contributed by atoms with Crippen molar-refractivity contribution >= 4 is 0 Å². The Balaban J connectivity index is 2.40. The topological polar surface area (TPSA) is 62.0 Å². The van der Waals surface area contributed by atoms with Gasteiger partial charge in [0.1, 0.15) is 0 Å². The number of aryl methyl sites for hydroxylation is 1. The minimum absolute atomic E-state index is 0.300. The molecule has 0 saturated carbocycles. The van der Waals surface area contributed by atoms with E-state index in [1.165, 1.54) is 5.56 Å². The largest absolute Gasteiger partial charge is 0.385 e. The lowest BCUT2D eigenvalue weighted by Crippen LogP contribution is -2.39. The molecule has 0 radical (unpaired) electrons. The molecule has 4 N–H and O–H groups in total. The van der Waals surface area contributed by atoms with Gasteiger partial charge in [-0.15, -0.1) is 0 Å². The van der Waals surface area contributed by atoms with Gasteiger partial charge in [-0.05, 0) is 37.3 Å². The lowest BCUT2D eigenvalue weighted by molar-refractivity contribution is -0.0330. The summed E-state index contributed by atoms with van der Waals surface area (Å²) in [6, 6.07) is 0. The third-order valence-corrected chi connectivity index (χ3v) is 3.49. The van der Waals surface area contributed by atoms with Gasteiger partial charge in [-0.3, -0.25) is 0 Å². The van der Waals surface area contributed by atoms with Gasteiger partial charge in [0.05, 0.1) is 5.60 Å². The lowest BCUT2D eigenvalue weighted by Gasteiger charge is -2.38. The maximum absolute atomic E-state index is 10.6. The van der Waals surface area contributed by atoms with Gasteiger partial charge < -0.3 is 15.8 Å². The molecule has 0 amide bonds. The summed E-state index contributed by atoms with van der Waals surface area (Å²) in [4.78, 5) is 3.07. The van der Waals surface area contributed by atoms with Crippen LogP contribution in [0.15, 0.2) is 12.4 Å². The summed E-state index contributed by atoms with van der Waals surface area (Å²) in [5, 5.41) is 10.6. The van der Waals surface area contributed by atoms with Gasteiger partial charge in [0.25, 0.3) is 0 Å². The molecule has 3 nitrogen and oxygen atoms in total. The molecule has 1 aliphatic rings. The molecule has 1 aliphatic carbocycles. The second kappa shape index (κ2) is 3.41. The third-order valence-electron chi connectivity index (χ3n) is 3.49. The Morgan fingerprint density at radius 2 is 2.43 bits per heavy atom. The van der Waals surface area contributed by atoms with Gasteiger partial charge >= 0.3 is 0 Å². The summed E-state index contributed by atoms with van der Waals surface area (Å²) < 4.78 is 0. The molecule has 3 heteroatoms. The van der Waals surface area contributed by atoms with Crippen molar-refractivity contribution in [3.63, 3.8) is 0 Å². The standard InChI is InChI=1S/C11H18N2O/c1-8-2-3-9-6-13-7-10(9)11(8,14)4-5-12/h6-8,13-14H,2-5,12H2,1H3. The Labute approximate surface area is 84.3 Å². The maximum atomic E-state index is 10.6. The monoisotopic (exact) mass is 194 g/mol. The number of rotatable bonds is 2. The molecule has 2 unspecified atom stereocenters. The van der Waals surface area contributed by atoms with Gasteiger partial charge in [0.2, 0.25) is 0 Å².